The van der Waals surface area contributed by atoms with Gasteiger partial charge in [-0.15, -0.1) is 11.3 Å². The fourth-order valence-electron chi connectivity index (χ4n) is 5.53. The third-order valence-electron chi connectivity index (χ3n) is 7.90. The molecule has 230 valence electrons. The minimum atomic E-state index is -0.0287. The molecule has 0 saturated carbocycles. The minimum absolute atomic E-state index is 0.0287. The molecule has 3 aromatic carbocycles. The molecule has 1 fully saturated rings. The van der Waals surface area contributed by atoms with E-state index in [9.17, 15) is 4.79 Å². The summed E-state index contributed by atoms with van der Waals surface area (Å²) in [6.07, 6.45) is 0.803. The fraction of sp³-hybridized carbons (Fsp3) is 0.333. The van der Waals surface area contributed by atoms with Crippen LogP contribution in [0.1, 0.15) is 26.6 Å². The molecular formula is C33H35ClN4O5S. The first-order valence-electron chi connectivity index (χ1n) is 14.6. The summed E-state index contributed by atoms with van der Waals surface area (Å²) in [4.78, 5) is 24.6. The lowest BCUT2D eigenvalue weighted by atomic mass is 10.1. The SMILES string of the molecule is COc1ccc(CCN(Cc2ccc3c(c2)OCO3)Cc2nc(C(=O)N3CCN(c4ccccc4Cl)CC3)cs2)cc1OC. The van der Waals surface area contributed by atoms with Gasteiger partial charge in [-0.2, -0.15) is 0 Å². The van der Waals surface area contributed by atoms with E-state index in [4.69, 9.17) is 35.5 Å². The molecule has 0 N–H and O–H groups in total. The summed E-state index contributed by atoms with van der Waals surface area (Å²) in [5.41, 5.74) is 3.77. The molecule has 9 nitrogen and oxygen atoms in total. The largest absolute Gasteiger partial charge is 0.493 e. The minimum Gasteiger partial charge on any atom is -0.493 e. The van der Waals surface area contributed by atoms with Gasteiger partial charge in [-0.1, -0.05) is 35.9 Å². The summed E-state index contributed by atoms with van der Waals surface area (Å²) >= 11 is 7.92. The van der Waals surface area contributed by atoms with Crippen molar-refractivity contribution >= 4 is 34.5 Å². The molecule has 0 spiro atoms. The molecule has 2 aliphatic rings. The van der Waals surface area contributed by atoms with Crippen LogP contribution in [-0.2, 0) is 19.5 Å². The molecule has 0 unspecified atom stereocenters. The molecule has 3 heterocycles. The first-order chi connectivity index (χ1) is 21.5. The van der Waals surface area contributed by atoms with Gasteiger partial charge < -0.3 is 28.7 Å². The van der Waals surface area contributed by atoms with Crippen LogP contribution in [0.2, 0.25) is 5.02 Å². The summed E-state index contributed by atoms with van der Waals surface area (Å²) in [5.74, 6) is 2.92. The highest BCUT2D eigenvalue weighted by Gasteiger charge is 2.25. The molecule has 0 bridgehead atoms. The van der Waals surface area contributed by atoms with Crippen LogP contribution in [0, 0.1) is 0 Å². The predicted octanol–water partition coefficient (Wildman–Crippen LogP) is 5.75. The van der Waals surface area contributed by atoms with Crippen LogP contribution in [0.3, 0.4) is 0 Å². The van der Waals surface area contributed by atoms with Crippen LogP contribution in [0.5, 0.6) is 23.0 Å². The van der Waals surface area contributed by atoms with Gasteiger partial charge in [0.2, 0.25) is 6.79 Å². The second kappa shape index (κ2) is 13.8. The number of carbonyl (C=O) groups excluding carboxylic acids is 1. The van der Waals surface area contributed by atoms with Crippen LogP contribution in [0.4, 0.5) is 5.69 Å². The van der Waals surface area contributed by atoms with Gasteiger partial charge in [0.1, 0.15) is 10.7 Å². The number of hydrogen-bond donors (Lipinski definition) is 0. The van der Waals surface area contributed by atoms with E-state index in [1.165, 1.54) is 11.3 Å². The molecule has 44 heavy (non-hydrogen) atoms. The third kappa shape index (κ3) is 6.88. The van der Waals surface area contributed by atoms with E-state index in [-0.39, 0.29) is 12.7 Å². The third-order valence-corrected chi connectivity index (χ3v) is 9.05. The lowest BCUT2D eigenvalue weighted by Crippen LogP contribution is -2.49. The number of methoxy groups -OCH3 is 2. The first kappa shape index (κ1) is 30.1. The number of rotatable bonds is 11. The number of ether oxygens (including phenoxy) is 4. The Bertz CT molecular complexity index is 1610. The van der Waals surface area contributed by atoms with Crippen molar-refractivity contribution < 1.29 is 23.7 Å². The van der Waals surface area contributed by atoms with Gasteiger partial charge in [0.25, 0.3) is 5.91 Å². The molecule has 0 aliphatic carbocycles. The van der Waals surface area contributed by atoms with Crippen molar-refractivity contribution in [3.8, 4) is 23.0 Å². The molecule has 1 saturated heterocycles. The number of piperazine rings is 1. The Balaban J connectivity index is 1.12. The van der Waals surface area contributed by atoms with E-state index in [2.05, 4.69) is 21.9 Å². The molecule has 2 aliphatic heterocycles. The van der Waals surface area contributed by atoms with E-state index in [0.717, 1.165) is 64.4 Å². The summed E-state index contributed by atoms with van der Waals surface area (Å²) in [6, 6.07) is 19.9. The molecule has 1 amide bonds. The van der Waals surface area contributed by atoms with Gasteiger partial charge in [0.15, 0.2) is 23.0 Å². The number of carbonyl (C=O) groups is 1. The number of amides is 1. The van der Waals surface area contributed by atoms with Gasteiger partial charge in [-0.3, -0.25) is 9.69 Å². The van der Waals surface area contributed by atoms with Crippen molar-refractivity contribution in [3.05, 3.63) is 92.9 Å². The number of hydrogen-bond acceptors (Lipinski definition) is 9. The summed E-state index contributed by atoms with van der Waals surface area (Å²) in [5, 5.41) is 3.51. The maximum absolute atomic E-state index is 13.4. The van der Waals surface area contributed by atoms with Gasteiger partial charge >= 0.3 is 0 Å². The van der Waals surface area contributed by atoms with Crippen molar-refractivity contribution in [2.75, 3.05) is 58.6 Å². The van der Waals surface area contributed by atoms with Crippen LogP contribution in [-0.4, -0.2) is 74.4 Å². The number of anilines is 1. The van der Waals surface area contributed by atoms with Crippen molar-refractivity contribution in [3.63, 3.8) is 0 Å². The zero-order chi connectivity index (χ0) is 30.5. The highest BCUT2D eigenvalue weighted by Crippen LogP contribution is 2.33. The average Bonchev–Trinajstić information content (AvgIpc) is 3.73. The number of benzene rings is 3. The van der Waals surface area contributed by atoms with Gasteiger partial charge in [0, 0.05) is 44.6 Å². The first-order valence-corrected chi connectivity index (χ1v) is 15.8. The van der Waals surface area contributed by atoms with Crippen molar-refractivity contribution in [2.24, 2.45) is 0 Å². The fourth-order valence-corrected chi connectivity index (χ4v) is 6.59. The number of para-hydroxylation sites is 1. The molecule has 4 aromatic rings. The summed E-state index contributed by atoms with van der Waals surface area (Å²) < 4.78 is 22.0. The van der Waals surface area contributed by atoms with Crippen molar-refractivity contribution in [1.82, 2.24) is 14.8 Å². The number of thiazole rings is 1. The molecule has 0 atom stereocenters. The maximum atomic E-state index is 13.4. The van der Waals surface area contributed by atoms with Crippen LogP contribution >= 0.6 is 22.9 Å². The number of nitrogens with zero attached hydrogens (tertiary/aromatic N) is 4. The van der Waals surface area contributed by atoms with Crippen LogP contribution < -0.4 is 23.8 Å². The molecule has 1 aromatic heterocycles. The van der Waals surface area contributed by atoms with E-state index in [1.54, 1.807) is 14.2 Å². The molecule has 0 radical (unpaired) electrons. The second-order valence-corrected chi connectivity index (χ2v) is 12.0. The second-order valence-electron chi connectivity index (χ2n) is 10.7. The zero-order valence-corrected chi connectivity index (χ0v) is 26.4. The van der Waals surface area contributed by atoms with Gasteiger partial charge in [-0.25, -0.2) is 4.98 Å². The normalized spacial score (nSPS) is 14.3. The highest BCUT2D eigenvalue weighted by atomic mass is 35.5. The summed E-state index contributed by atoms with van der Waals surface area (Å²) in [7, 11) is 3.28. The topological polar surface area (TPSA) is 76.6 Å². The highest BCUT2D eigenvalue weighted by molar-refractivity contribution is 7.09. The standard InChI is InChI=1S/C33H35ClN4O5S/c1-40-28-9-7-23(17-30(28)41-2)11-12-36(19-24-8-10-29-31(18-24)43-22-42-29)20-32-35-26(21-44-32)33(39)38-15-13-37(14-16-38)27-6-4-3-5-25(27)34/h3-10,17-18,21H,11-16,19-20,22H2,1-2H3. The lowest BCUT2D eigenvalue weighted by molar-refractivity contribution is 0.0741. The lowest BCUT2D eigenvalue weighted by Gasteiger charge is -2.36. The maximum Gasteiger partial charge on any atom is 0.273 e. The van der Waals surface area contributed by atoms with E-state index >= 15 is 0 Å². The number of halogens is 1. The Morgan fingerprint density at radius 1 is 0.932 bits per heavy atom. The summed E-state index contributed by atoms with van der Waals surface area (Å²) in [6.45, 7) is 5.02. The number of fused-ring (bicyclic) bond motifs is 1. The van der Waals surface area contributed by atoms with Gasteiger partial charge in [-0.05, 0) is 53.9 Å². The molecule has 11 heteroatoms. The van der Waals surface area contributed by atoms with Crippen LogP contribution in [0.15, 0.2) is 66.0 Å². The van der Waals surface area contributed by atoms with Crippen molar-refractivity contribution in [1.29, 1.82) is 0 Å². The quantitative estimate of drug-likeness (QED) is 0.207. The monoisotopic (exact) mass is 634 g/mol. The average molecular weight is 635 g/mol. The van der Waals surface area contributed by atoms with E-state index < -0.39 is 0 Å². The zero-order valence-electron chi connectivity index (χ0n) is 24.8. The van der Waals surface area contributed by atoms with E-state index in [0.29, 0.717) is 43.4 Å². The van der Waals surface area contributed by atoms with Crippen molar-refractivity contribution in [2.45, 2.75) is 19.5 Å². The van der Waals surface area contributed by atoms with Crippen LogP contribution in [0.25, 0.3) is 0 Å². The Morgan fingerprint density at radius 3 is 2.50 bits per heavy atom. The molecular weight excluding hydrogens is 600 g/mol. The Morgan fingerprint density at radius 2 is 1.70 bits per heavy atom. The molecule has 6 rings (SSSR count). The predicted molar refractivity (Wildman–Crippen MR) is 172 cm³/mol. The number of aromatic nitrogens is 1. The smallest absolute Gasteiger partial charge is 0.273 e. The van der Waals surface area contributed by atoms with Gasteiger partial charge in [0.05, 0.1) is 31.5 Å². The Kier molecular flexibility index (Phi) is 9.40. The Hall–Kier alpha value is -3.99. The Labute approximate surface area is 266 Å². The van der Waals surface area contributed by atoms with E-state index in [1.807, 2.05) is 58.8 Å².